The van der Waals surface area contributed by atoms with Crippen molar-refractivity contribution < 1.29 is 9.53 Å². The lowest BCUT2D eigenvalue weighted by Gasteiger charge is -2.34. The third-order valence-corrected chi connectivity index (χ3v) is 5.24. The van der Waals surface area contributed by atoms with E-state index in [1.54, 1.807) is 6.08 Å². The summed E-state index contributed by atoms with van der Waals surface area (Å²) in [5.41, 5.74) is 2.89. The number of hydrogen-bond donors (Lipinski definition) is 0. The van der Waals surface area contributed by atoms with E-state index < -0.39 is 0 Å². The lowest BCUT2D eigenvalue weighted by Crippen LogP contribution is -2.48. The van der Waals surface area contributed by atoms with Crippen LogP contribution in [0.5, 0.6) is 5.75 Å². The van der Waals surface area contributed by atoms with Crippen molar-refractivity contribution in [1.29, 1.82) is 0 Å². The van der Waals surface area contributed by atoms with E-state index in [2.05, 4.69) is 15.1 Å². The van der Waals surface area contributed by atoms with Crippen LogP contribution in [0.1, 0.15) is 12.5 Å². The molecule has 158 valence electrons. The number of hydrogen-bond acceptors (Lipinski definition) is 5. The van der Waals surface area contributed by atoms with Gasteiger partial charge < -0.3 is 14.5 Å². The number of carbonyl (C=O) groups is 1. The van der Waals surface area contributed by atoms with E-state index in [1.165, 1.54) is 0 Å². The van der Waals surface area contributed by atoms with Gasteiger partial charge in [-0.3, -0.25) is 4.79 Å². The number of rotatable bonds is 6. The number of aromatic nitrogens is 2. The van der Waals surface area contributed by atoms with Crippen molar-refractivity contribution in [3.8, 4) is 17.0 Å². The van der Waals surface area contributed by atoms with Crippen LogP contribution in [0.4, 0.5) is 5.82 Å². The summed E-state index contributed by atoms with van der Waals surface area (Å²) < 4.78 is 5.44. The van der Waals surface area contributed by atoms with E-state index in [4.69, 9.17) is 4.74 Å². The zero-order chi connectivity index (χ0) is 21.5. The fourth-order valence-electron chi connectivity index (χ4n) is 3.53. The second-order valence-electron chi connectivity index (χ2n) is 7.29. The molecule has 6 nitrogen and oxygen atoms in total. The topological polar surface area (TPSA) is 58.6 Å². The first-order valence-electron chi connectivity index (χ1n) is 10.6. The van der Waals surface area contributed by atoms with Crippen molar-refractivity contribution >= 4 is 17.8 Å². The predicted molar refractivity (Wildman–Crippen MR) is 123 cm³/mol. The summed E-state index contributed by atoms with van der Waals surface area (Å²) in [6, 6.07) is 21.7. The van der Waals surface area contributed by atoms with Crippen LogP contribution in [0.25, 0.3) is 17.3 Å². The van der Waals surface area contributed by atoms with Gasteiger partial charge in [0.1, 0.15) is 5.75 Å². The van der Waals surface area contributed by atoms with Gasteiger partial charge in [-0.25, -0.2) is 0 Å². The Labute approximate surface area is 182 Å². The van der Waals surface area contributed by atoms with E-state index in [-0.39, 0.29) is 5.91 Å². The van der Waals surface area contributed by atoms with Crippen molar-refractivity contribution in [2.45, 2.75) is 6.92 Å². The van der Waals surface area contributed by atoms with Gasteiger partial charge in [-0.2, -0.15) is 0 Å². The van der Waals surface area contributed by atoms with Crippen LogP contribution >= 0.6 is 0 Å². The summed E-state index contributed by atoms with van der Waals surface area (Å²) >= 11 is 0. The largest absolute Gasteiger partial charge is 0.494 e. The van der Waals surface area contributed by atoms with Crippen LogP contribution in [0.15, 0.2) is 72.8 Å². The quantitative estimate of drug-likeness (QED) is 0.573. The first-order chi connectivity index (χ1) is 15.2. The molecule has 1 aliphatic rings. The fourth-order valence-corrected chi connectivity index (χ4v) is 3.53. The van der Waals surface area contributed by atoms with E-state index in [9.17, 15) is 4.79 Å². The maximum Gasteiger partial charge on any atom is 0.246 e. The Morgan fingerprint density at radius 1 is 0.935 bits per heavy atom. The molecule has 2 heterocycles. The number of benzene rings is 2. The Kier molecular flexibility index (Phi) is 6.57. The lowest BCUT2D eigenvalue weighted by atomic mass is 10.1. The number of amides is 1. The van der Waals surface area contributed by atoms with Crippen LogP contribution < -0.4 is 9.64 Å². The maximum absolute atomic E-state index is 12.6. The molecular formula is C25H26N4O2. The number of piperazine rings is 1. The predicted octanol–water partition coefficient (Wildman–Crippen LogP) is 3.90. The molecule has 3 aromatic rings. The molecule has 2 aromatic carbocycles. The molecule has 1 amide bonds. The van der Waals surface area contributed by atoms with Gasteiger partial charge >= 0.3 is 0 Å². The summed E-state index contributed by atoms with van der Waals surface area (Å²) in [5, 5.41) is 8.76. The Hall–Kier alpha value is -3.67. The first-order valence-corrected chi connectivity index (χ1v) is 10.6. The van der Waals surface area contributed by atoms with E-state index in [1.807, 2.05) is 84.6 Å². The zero-order valence-corrected chi connectivity index (χ0v) is 17.6. The molecule has 1 saturated heterocycles. The smallest absolute Gasteiger partial charge is 0.246 e. The average molecular weight is 415 g/mol. The molecular weight excluding hydrogens is 388 g/mol. The molecule has 6 heteroatoms. The third-order valence-electron chi connectivity index (χ3n) is 5.24. The molecule has 0 saturated carbocycles. The molecule has 0 unspecified atom stereocenters. The van der Waals surface area contributed by atoms with Gasteiger partial charge in [0.25, 0.3) is 0 Å². The molecule has 1 fully saturated rings. The third kappa shape index (κ3) is 5.28. The second-order valence-corrected chi connectivity index (χ2v) is 7.29. The maximum atomic E-state index is 12.6. The average Bonchev–Trinajstić information content (AvgIpc) is 2.84. The van der Waals surface area contributed by atoms with Gasteiger partial charge in [0.05, 0.1) is 12.3 Å². The minimum absolute atomic E-state index is 0.0269. The van der Waals surface area contributed by atoms with Gasteiger partial charge in [-0.15, -0.1) is 10.2 Å². The summed E-state index contributed by atoms with van der Waals surface area (Å²) in [5.74, 6) is 1.71. The Balaban J connectivity index is 1.30. The second kappa shape index (κ2) is 9.89. The molecule has 0 spiro atoms. The SMILES string of the molecule is CCOc1ccc(/C=C/C(=O)N2CCN(c3ccc(-c4ccccc4)nn3)CC2)cc1. The molecule has 1 aliphatic heterocycles. The summed E-state index contributed by atoms with van der Waals surface area (Å²) in [4.78, 5) is 16.6. The normalized spacial score (nSPS) is 14.1. The highest BCUT2D eigenvalue weighted by Crippen LogP contribution is 2.19. The Morgan fingerprint density at radius 2 is 1.68 bits per heavy atom. The molecule has 0 N–H and O–H groups in total. The van der Waals surface area contributed by atoms with Crippen LogP contribution in [-0.4, -0.2) is 53.8 Å². The fraction of sp³-hybridized carbons (Fsp3) is 0.240. The molecule has 0 radical (unpaired) electrons. The molecule has 0 atom stereocenters. The van der Waals surface area contributed by atoms with Crippen LogP contribution in [0.3, 0.4) is 0 Å². The molecule has 1 aromatic heterocycles. The summed E-state index contributed by atoms with van der Waals surface area (Å²) in [6.07, 6.45) is 3.48. The summed E-state index contributed by atoms with van der Waals surface area (Å²) in [7, 11) is 0. The van der Waals surface area contributed by atoms with Crippen molar-refractivity contribution in [1.82, 2.24) is 15.1 Å². The molecule has 4 rings (SSSR count). The van der Waals surface area contributed by atoms with Gasteiger partial charge in [0.2, 0.25) is 5.91 Å². The van der Waals surface area contributed by atoms with E-state index >= 15 is 0 Å². The summed E-state index contributed by atoms with van der Waals surface area (Å²) in [6.45, 7) is 5.40. The van der Waals surface area contributed by atoms with Crippen molar-refractivity contribution in [3.05, 3.63) is 78.4 Å². The number of nitrogens with zero attached hydrogens (tertiary/aromatic N) is 4. The minimum Gasteiger partial charge on any atom is -0.494 e. The monoisotopic (exact) mass is 414 g/mol. The van der Waals surface area contributed by atoms with Crippen LogP contribution in [0, 0.1) is 0 Å². The first kappa shape index (κ1) is 20.6. The highest BCUT2D eigenvalue weighted by molar-refractivity contribution is 5.92. The standard InChI is InChI=1S/C25H26N4O2/c1-2-31-22-11-8-20(9-12-22)10-15-25(30)29-18-16-28(17-19-29)24-14-13-23(26-27-24)21-6-4-3-5-7-21/h3-15H,2,16-19H2,1H3/b15-10+. The van der Waals surface area contributed by atoms with Gasteiger partial charge in [-0.1, -0.05) is 42.5 Å². The Bertz CT molecular complexity index is 1010. The number of anilines is 1. The van der Waals surface area contributed by atoms with Crippen molar-refractivity contribution in [3.63, 3.8) is 0 Å². The minimum atomic E-state index is 0.0269. The van der Waals surface area contributed by atoms with Crippen LogP contribution in [-0.2, 0) is 4.79 Å². The van der Waals surface area contributed by atoms with Gasteiger partial charge in [0, 0.05) is 37.8 Å². The number of ether oxygens (including phenoxy) is 1. The Morgan fingerprint density at radius 3 is 2.32 bits per heavy atom. The molecule has 31 heavy (non-hydrogen) atoms. The van der Waals surface area contributed by atoms with E-state index in [0.29, 0.717) is 19.7 Å². The lowest BCUT2D eigenvalue weighted by molar-refractivity contribution is -0.126. The highest BCUT2D eigenvalue weighted by Gasteiger charge is 2.20. The van der Waals surface area contributed by atoms with Crippen molar-refractivity contribution in [2.24, 2.45) is 0 Å². The van der Waals surface area contributed by atoms with Gasteiger partial charge in [0.15, 0.2) is 5.82 Å². The zero-order valence-electron chi connectivity index (χ0n) is 17.6. The van der Waals surface area contributed by atoms with Gasteiger partial charge in [-0.05, 0) is 42.8 Å². The van der Waals surface area contributed by atoms with E-state index in [0.717, 1.165) is 41.5 Å². The molecule has 0 bridgehead atoms. The van der Waals surface area contributed by atoms with Crippen molar-refractivity contribution in [2.75, 3.05) is 37.7 Å². The van der Waals surface area contributed by atoms with Crippen LogP contribution in [0.2, 0.25) is 0 Å². The highest BCUT2D eigenvalue weighted by atomic mass is 16.5. The molecule has 0 aliphatic carbocycles. The number of carbonyl (C=O) groups excluding carboxylic acids is 1.